The standard InChI is InChI=1S/C24H35NO3/c1-17(2)20-16-25(14-12-22(27)28)21(26)15-24(20,6)19-9-7-18(8-10-19)11-13-23(3,4)5/h7-10,16-17H,11-15H2,1-6H3,(H,27,28)/t24-/m0/s1. The molecule has 0 fully saturated rings. The van der Waals surface area contributed by atoms with E-state index in [1.807, 2.05) is 6.20 Å². The first kappa shape index (κ1) is 22.2. The van der Waals surface area contributed by atoms with Crippen LogP contribution in [0.15, 0.2) is 36.0 Å². The summed E-state index contributed by atoms with van der Waals surface area (Å²) in [5, 5.41) is 8.95. The molecule has 1 atom stereocenters. The van der Waals surface area contributed by atoms with Crippen molar-refractivity contribution in [3.8, 4) is 0 Å². The second kappa shape index (κ2) is 8.50. The summed E-state index contributed by atoms with van der Waals surface area (Å²) in [4.78, 5) is 25.2. The molecule has 0 unspecified atom stereocenters. The quantitative estimate of drug-likeness (QED) is 0.704. The van der Waals surface area contributed by atoms with Gasteiger partial charge in [0.2, 0.25) is 5.91 Å². The highest BCUT2D eigenvalue weighted by atomic mass is 16.4. The maximum absolute atomic E-state index is 12.7. The Labute approximate surface area is 169 Å². The van der Waals surface area contributed by atoms with Crippen LogP contribution in [0.5, 0.6) is 0 Å². The van der Waals surface area contributed by atoms with Crippen LogP contribution in [0.1, 0.15) is 71.9 Å². The lowest BCUT2D eigenvalue weighted by atomic mass is 9.68. The summed E-state index contributed by atoms with van der Waals surface area (Å²) in [5.41, 5.74) is 3.61. The highest BCUT2D eigenvalue weighted by Gasteiger charge is 2.40. The second-order valence-electron chi connectivity index (χ2n) is 9.74. The average Bonchev–Trinajstić information content (AvgIpc) is 2.58. The van der Waals surface area contributed by atoms with E-state index in [-0.39, 0.29) is 30.2 Å². The topological polar surface area (TPSA) is 57.6 Å². The molecule has 1 N–H and O–H groups in total. The maximum atomic E-state index is 12.7. The Bertz CT molecular complexity index is 740. The lowest BCUT2D eigenvalue weighted by molar-refractivity contribution is -0.138. The Kier molecular flexibility index (Phi) is 6.74. The summed E-state index contributed by atoms with van der Waals surface area (Å²) in [7, 11) is 0. The molecular formula is C24H35NO3. The number of rotatable bonds is 7. The van der Waals surface area contributed by atoms with Gasteiger partial charge in [0.25, 0.3) is 0 Å². The van der Waals surface area contributed by atoms with Crippen molar-refractivity contribution >= 4 is 11.9 Å². The number of hydrogen-bond acceptors (Lipinski definition) is 2. The van der Waals surface area contributed by atoms with E-state index in [9.17, 15) is 9.59 Å². The normalized spacial score (nSPS) is 20.5. The minimum Gasteiger partial charge on any atom is -0.481 e. The molecule has 154 valence electrons. The van der Waals surface area contributed by atoms with Gasteiger partial charge in [-0.3, -0.25) is 9.59 Å². The van der Waals surface area contributed by atoms with Gasteiger partial charge in [0.05, 0.1) is 6.42 Å². The van der Waals surface area contributed by atoms with Crippen LogP contribution in [0.2, 0.25) is 0 Å². The van der Waals surface area contributed by atoms with Gasteiger partial charge in [0.15, 0.2) is 0 Å². The zero-order valence-corrected chi connectivity index (χ0v) is 18.2. The van der Waals surface area contributed by atoms with E-state index in [2.05, 4.69) is 65.8 Å². The first-order valence-corrected chi connectivity index (χ1v) is 10.3. The SMILES string of the molecule is CC(C)C1=CN(CCC(=O)O)C(=O)C[C@@]1(C)c1ccc(CCC(C)(C)C)cc1. The van der Waals surface area contributed by atoms with Gasteiger partial charge in [0.1, 0.15) is 0 Å². The minimum absolute atomic E-state index is 0.00930. The Morgan fingerprint density at radius 3 is 2.32 bits per heavy atom. The van der Waals surface area contributed by atoms with Gasteiger partial charge < -0.3 is 10.0 Å². The van der Waals surface area contributed by atoms with E-state index < -0.39 is 5.97 Å². The minimum atomic E-state index is -0.883. The fraction of sp³-hybridized carbons (Fsp3) is 0.583. The molecule has 1 aliphatic rings. The van der Waals surface area contributed by atoms with Gasteiger partial charge in [-0.25, -0.2) is 0 Å². The van der Waals surface area contributed by atoms with Gasteiger partial charge in [-0.1, -0.05) is 65.8 Å². The Morgan fingerprint density at radius 2 is 1.82 bits per heavy atom. The van der Waals surface area contributed by atoms with Crippen molar-refractivity contribution in [3.05, 3.63) is 47.2 Å². The molecule has 4 heteroatoms. The number of carboxylic acids is 1. The summed E-state index contributed by atoms with van der Waals surface area (Å²) >= 11 is 0. The molecule has 0 spiro atoms. The predicted octanol–water partition coefficient (Wildman–Crippen LogP) is 5.17. The number of nitrogens with zero attached hydrogens (tertiary/aromatic N) is 1. The Morgan fingerprint density at radius 1 is 1.21 bits per heavy atom. The number of carbonyl (C=O) groups is 2. The number of amides is 1. The van der Waals surface area contributed by atoms with Gasteiger partial charge in [-0.2, -0.15) is 0 Å². The summed E-state index contributed by atoms with van der Waals surface area (Å²) in [5.74, 6) is -0.623. The highest BCUT2D eigenvalue weighted by Crippen LogP contribution is 2.42. The third-order valence-corrected chi connectivity index (χ3v) is 5.70. The molecule has 0 aliphatic carbocycles. The highest BCUT2D eigenvalue weighted by molar-refractivity contribution is 5.82. The van der Waals surface area contributed by atoms with Crippen molar-refractivity contribution in [1.82, 2.24) is 4.90 Å². The Hall–Kier alpha value is -2.10. The molecule has 0 saturated heterocycles. The molecule has 28 heavy (non-hydrogen) atoms. The van der Waals surface area contributed by atoms with E-state index in [0.29, 0.717) is 11.8 Å². The zero-order chi connectivity index (χ0) is 21.1. The number of aliphatic carboxylic acids is 1. The van der Waals surface area contributed by atoms with Crippen LogP contribution < -0.4 is 0 Å². The first-order chi connectivity index (χ1) is 12.9. The van der Waals surface area contributed by atoms with Crippen LogP contribution in [0, 0.1) is 11.3 Å². The van der Waals surface area contributed by atoms with E-state index in [1.54, 1.807) is 4.90 Å². The molecule has 1 aromatic rings. The molecule has 0 bridgehead atoms. The number of hydrogen-bond donors (Lipinski definition) is 1. The van der Waals surface area contributed by atoms with Crippen LogP contribution in [0.4, 0.5) is 0 Å². The lowest BCUT2D eigenvalue weighted by Crippen LogP contribution is -2.42. The van der Waals surface area contributed by atoms with Crippen molar-refractivity contribution in [2.45, 2.75) is 72.6 Å². The zero-order valence-electron chi connectivity index (χ0n) is 18.2. The van der Waals surface area contributed by atoms with E-state index in [4.69, 9.17) is 5.11 Å². The molecule has 1 aromatic carbocycles. The van der Waals surface area contributed by atoms with E-state index in [0.717, 1.165) is 18.4 Å². The first-order valence-electron chi connectivity index (χ1n) is 10.3. The lowest BCUT2D eigenvalue weighted by Gasteiger charge is -2.41. The van der Waals surface area contributed by atoms with Crippen LogP contribution in [0.3, 0.4) is 0 Å². The summed E-state index contributed by atoms with van der Waals surface area (Å²) < 4.78 is 0. The molecule has 1 amide bonds. The Balaban J connectivity index is 2.28. The monoisotopic (exact) mass is 385 g/mol. The van der Waals surface area contributed by atoms with Gasteiger partial charge in [-0.05, 0) is 40.9 Å². The smallest absolute Gasteiger partial charge is 0.305 e. The van der Waals surface area contributed by atoms with Gasteiger partial charge >= 0.3 is 5.97 Å². The fourth-order valence-electron chi connectivity index (χ4n) is 3.91. The van der Waals surface area contributed by atoms with Crippen molar-refractivity contribution in [2.24, 2.45) is 11.3 Å². The van der Waals surface area contributed by atoms with Crippen molar-refractivity contribution in [1.29, 1.82) is 0 Å². The van der Waals surface area contributed by atoms with Crippen molar-refractivity contribution in [3.63, 3.8) is 0 Å². The predicted molar refractivity (Wildman–Crippen MR) is 113 cm³/mol. The molecule has 4 nitrogen and oxygen atoms in total. The van der Waals surface area contributed by atoms with Crippen LogP contribution >= 0.6 is 0 Å². The van der Waals surface area contributed by atoms with Gasteiger partial charge in [-0.15, -0.1) is 0 Å². The van der Waals surface area contributed by atoms with Crippen LogP contribution in [-0.2, 0) is 21.4 Å². The molecule has 1 aliphatic heterocycles. The van der Waals surface area contributed by atoms with Crippen molar-refractivity contribution in [2.75, 3.05) is 6.54 Å². The average molecular weight is 386 g/mol. The third-order valence-electron chi connectivity index (χ3n) is 5.70. The molecule has 0 aromatic heterocycles. The summed E-state index contributed by atoms with van der Waals surface area (Å²) in [6.45, 7) is 13.4. The van der Waals surface area contributed by atoms with Gasteiger partial charge in [0, 0.05) is 24.6 Å². The maximum Gasteiger partial charge on any atom is 0.305 e. The second-order valence-corrected chi connectivity index (χ2v) is 9.74. The van der Waals surface area contributed by atoms with Crippen molar-refractivity contribution < 1.29 is 14.7 Å². The molecule has 0 saturated carbocycles. The van der Waals surface area contributed by atoms with Crippen LogP contribution in [0.25, 0.3) is 0 Å². The largest absolute Gasteiger partial charge is 0.481 e. The summed E-state index contributed by atoms with van der Waals surface area (Å²) in [6, 6.07) is 8.69. The third kappa shape index (κ3) is 5.46. The number of allylic oxidation sites excluding steroid dienone is 1. The molecule has 0 radical (unpaired) electrons. The van der Waals surface area contributed by atoms with E-state index in [1.165, 1.54) is 11.1 Å². The van der Waals surface area contributed by atoms with E-state index >= 15 is 0 Å². The molecule has 1 heterocycles. The fourth-order valence-corrected chi connectivity index (χ4v) is 3.91. The number of aryl methyl sites for hydroxylation is 1. The van der Waals surface area contributed by atoms with Crippen LogP contribution in [-0.4, -0.2) is 28.4 Å². The molecular weight excluding hydrogens is 350 g/mol. The number of benzene rings is 1. The summed E-state index contributed by atoms with van der Waals surface area (Å²) in [6.07, 6.45) is 4.42. The molecule has 2 rings (SSSR count). The number of carbonyl (C=O) groups excluding carboxylic acids is 1. The number of carboxylic acid groups (broad SMARTS) is 1.